The Hall–Kier alpha value is -2.35. The first-order chi connectivity index (χ1) is 16.1. The van der Waals surface area contributed by atoms with Crippen LogP contribution < -0.4 is 21.7 Å². The van der Waals surface area contributed by atoms with Crippen molar-refractivity contribution in [3.05, 3.63) is 41.6 Å². The van der Waals surface area contributed by atoms with Crippen LogP contribution in [0, 0.1) is 5.92 Å². The molecule has 1 aliphatic carbocycles. The predicted octanol–water partition coefficient (Wildman–Crippen LogP) is 4.04. The fourth-order valence-electron chi connectivity index (χ4n) is 4.64. The van der Waals surface area contributed by atoms with Crippen molar-refractivity contribution in [1.82, 2.24) is 10.3 Å². The molecule has 1 saturated carbocycles. The molecule has 0 spiro atoms. The van der Waals surface area contributed by atoms with Crippen molar-refractivity contribution in [2.24, 2.45) is 11.7 Å². The fraction of sp³-hybridized carbons (Fsp3) is 0.520. The third-order valence-corrected chi connectivity index (χ3v) is 6.91. The zero-order valence-electron chi connectivity index (χ0n) is 19.0. The average molecular weight is 472 g/mol. The van der Waals surface area contributed by atoms with Crippen molar-refractivity contribution in [2.45, 2.75) is 50.6 Å². The summed E-state index contributed by atoms with van der Waals surface area (Å²) in [5.74, 6) is 1.18. The number of anilines is 2. The Kier molecular flexibility index (Phi) is 8.42. The largest absolute Gasteiger partial charge is 0.385 e. The monoisotopic (exact) mass is 471 g/mol. The van der Waals surface area contributed by atoms with Gasteiger partial charge in [0.05, 0.1) is 11.6 Å². The van der Waals surface area contributed by atoms with Crippen LogP contribution in [0.1, 0.15) is 38.5 Å². The summed E-state index contributed by atoms with van der Waals surface area (Å²) in [4.78, 5) is 15.5. The van der Waals surface area contributed by atoms with E-state index in [2.05, 4.69) is 45.2 Å². The lowest BCUT2D eigenvalue weighted by molar-refractivity contribution is -0.117. The molecule has 1 amide bonds. The van der Waals surface area contributed by atoms with Gasteiger partial charge in [0, 0.05) is 49.3 Å². The SMILES string of the molecule is NC(=O)CNC1CCC(Nc2cc(-c3cccc(NCC4CCOCC4)c3)c(Cl)cn2)CC1. The number of rotatable bonds is 9. The summed E-state index contributed by atoms with van der Waals surface area (Å²) in [7, 11) is 0. The lowest BCUT2D eigenvalue weighted by Crippen LogP contribution is -2.40. The molecule has 0 atom stereocenters. The van der Waals surface area contributed by atoms with Crippen molar-refractivity contribution < 1.29 is 9.53 Å². The molecule has 0 radical (unpaired) electrons. The molecule has 4 rings (SSSR count). The Bertz CT molecular complexity index is 927. The number of ether oxygens (including phenoxy) is 1. The van der Waals surface area contributed by atoms with Crippen molar-refractivity contribution in [3.63, 3.8) is 0 Å². The second-order valence-corrected chi connectivity index (χ2v) is 9.51. The number of halogens is 1. The molecule has 0 bridgehead atoms. The Morgan fingerprint density at radius 3 is 2.61 bits per heavy atom. The Labute approximate surface area is 200 Å². The standard InChI is InChI=1S/C25H34ClN5O2/c26-23-15-30-25(31-20-6-4-19(5-7-20)29-16-24(27)32)13-22(23)18-2-1-3-21(12-18)28-14-17-8-10-33-11-9-17/h1-3,12-13,15,17,19-20,28-29H,4-11,14,16H2,(H2,27,32)(H,30,31). The number of hydrogen-bond donors (Lipinski definition) is 4. The van der Waals surface area contributed by atoms with Gasteiger partial charge in [0.2, 0.25) is 5.91 Å². The van der Waals surface area contributed by atoms with Crippen LogP contribution in [0.2, 0.25) is 5.02 Å². The molecule has 8 heteroatoms. The summed E-state index contributed by atoms with van der Waals surface area (Å²) in [6.07, 6.45) is 7.99. The predicted molar refractivity (Wildman–Crippen MR) is 134 cm³/mol. The normalized spacial score (nSPS) is 21.5. The first-order valence-corrected chi connectivity index (χ1v) is 12.3. The van der Waals surface area contributed by atoms with Crippen LogP contribution in [0.5, 0.6) is 0 Å². The van der Waals surface area contributed by atoms with E-state index in [1.807, 2.05) is 6.07 Å². The minimum atomic E-state index is -0.309. The first kappa shape index (κ1) is 23.8. The van der Waals surface area contributed by atoms with E-state index in [0.717, 1.165) is 80.9 Å². The number of amides is 1. The number of carbonyl (C=O) groups is 1. The number of benzene rings is 1. The molecule has 1 aromatic heterocycles. The minimum absolute atomic E-state index is 0.244. The Morgan fingerprint density at radius 2 is 1.85 bits per heavy atom. The molecule has 2 fully saturated rings. The zero-order chi connectivity index (χ0) is 23.0. The third kappa shape index (κ3) is 7.06. The molecule has 0 unspecified atom stereocenters. The maximum absolute atomic E-state index is 11.0. The first-order valence-electron chi connectivity index (χ1n) is 11.9. The highest BCUT2D eigenvalue weighted by Gasteiger charge is 2.21. The van der Waals surface area contributed by atoms with E-state index in [4.69, 9.17) is 22.1 Å². The molecule has 1 saturated heterocycles. The minimum Gasteiger partial charge on any atom is -0.385 e. The molecule has 33 heavy (non-hydrogen) atoms. The number of nitrogens with zero attached hydrogens (tertiary/aromatic N) is 1. The summed E-state index contributed by atoms with van der Waals surface area (Å²) in [5.41, 5.74) is 8.38. The van der Waals surface area contributed by atoms with Gasteiger partial charge in [0.25, 0.3) is 0 Å². The number of hydrogen-bond acceptors (Lipinski definition) is 6. The molecule has 2 heterocycles. The summed E-state index contributed by atoms with van der Waals surface area (Å²) in [6.45, 7) is 2.93. The average Bonchev–Trinajstić information content (AvgIpc) is 2.84. The summed E-state index contributed by atoms with van der Waals surface area (Å²) >= 11 is 6.53. The molecule has 5 N–H and O–H groups in total. The van der Waals surface area contributed by atoms with Crippen molar-refractivity contribution in [1.29, 1.82) is 0 Å². The fourth-order valence-corrected chi connectivity index (χ4v) is 4.86. The maximum Gasteiger partial charge on any atom is 0.231 e. The number of primary amides is 1. The van der Waals surface area contributed by atoms with Crippen LogP contribution in [-0.2, 0) is 9.53 Å². The molecule has 2 aromatic rings. The van der Waals surface area contributed by atoms with Gasteiger partial charge in [0.15, 0.2) is 0 Å². The smallest absolute Gasteiger partial charge is 0.231 e. The van der Waals surface area contributed by atoms with Gasteiger partial charge in [-0.15, -0.1) is 0 Å². The number of carbonyl (C=O) groups excluding carboxylic acids is 1. The summed E-state index contributed by atoms with van der Waals surface area (Å²) < 4.78 is 5.46. The van der Waals surface area contributed by atoms with Crippen molar-refractivity contribution in [2.75, 3.05) is 36.9 Å². The van der Waals surface area contributed by atoms with Gasteiger partial charge in [-0.05, 0) is 68.2 Å². The van der Waals surface area contributed by atoms with E-state index in [1.165, 1.54) is 0 Å². The summed E-state index contributed by atoms with van der Waals surface area (Å²) in [6, 6.07) is 11.1. The van der Waals surface area contributed by atoms with Crippen LogP contribution in [0.4, 0.5) is 11.5 Å². The van der Waals surface area contributed by atoms with Gasteiger partial charge < -0.3 is 26.4 Å². The molecular formula is C25H34ClN5O2. The molecule has 7 nitrogen and oxygen atoms in total. The Morgan fingerprint density at radius 1 is 1.09 bits per heavy atom. The van der Waals surface area contributed by atoms with E-state index >= 15 is 0 Å². The zero-order valence-corrected chi connectivity index (χ0v) is 19.7. The van der Waals surface area contributed by atoms with Crippen LogP contribution in [-0.4, -0.2) is 49.3 Å². The van der Waals surface area contributed by atoms with Gasteiger partial charge in [-0.2, -0.15) is 0 Å². The lowest BCUT2D eigenvalue weighted by Gasteiger charge is -2.30. The highest BCUT2D eigenvalue weighted by atomic mass is 35.5. The number of pyridine rings is 1. The van der Waals surface area contributed by atoms with Gasteiger partial charge in [0.1, 0.15) is 5.82 Å². The molecule has 178 valence electrons. The van der Waals surface area contributed by atoms with E-state index in [0.29, 0.717) is 23.0 Å². The van der Waals surface area contributed by atoms with Crippen molar-refractivity contribution >= 4 is 29.0 Å². The lowest BCUT2D eigenvalue weighted by atomic mass is 9.91. The van der Waals surface area contributed by atoms with Crippen LogP contribution in [0.25, 0.3) is 11.1 Å². The van der Waals surface area contributed by atoms with E-state index < -0.39 is 0 Å². The third-order valence-electron chi connectivity index (χ3n) is 6.61. The van der Waals surface area contributed by atoms with Crippen LogP contribution in [0.3, 0.4) is 0 Å². The van der Waals surface area contributed by atoms with E-state index in [9.17, 15) is 4.79 Å². The van der Waals surface area contributed by atoms with Crippen LogP contribution in [0.15, 0.2) is 36.5 Å². The second-order valence-electron chi connectivity index (χ2n) is 9.11. The van der Waals surface area contributed by atoms with E-state index in [1.54, 1.807) is 6.20 Å². The molecule has 1 aromatic carbocycles. The Balaban J connectivity index is 1.36. The number of aromatic nitrogens is 1. The van der Waals surface area contributed by atoms with Gasteiger partial charge in [-0.1, -0.05) is 23.7 Å². The molecular weight excluding hydrogens is 438 g/mol. The second kappa shape index (κ2) is 11.7. The molecule has 1 aliphatic heterocycles. The highest BCUT2D eigenvalue weighted by molar-refractivity contribution is 6.33. The van der Waals surface area contributed by atoms with Crippen LogP contribution >= 0.6 is 11.6 Å². The maximum atomic E-state index is 11.0. The quantitative estimate of drug-likeness (QED) is 0.440. The molecule has 2 aliphatic rings. The van der Waals surface area contributed by atoms with Gasteiger partial charge in [-0.3, -0.25) is 4.79 Å². The van der Waals surface area contributed by atoms with Crippen molar-refractivity contribution in [3.8, 4) is 11.1 Å². The number of nitrogens with one attached hydrogen (secondary N) is 3. The topological polar surface area (TPSA) is 101 Å². The number of nitrogens with two attached hydrogens (primary N) is 1. The summed E-state index contributed by atoms with van der Waals surface area (Å²) in [5, 5.41) is 11.0. The highest BCUT2D eigenvalue weighted by Crippen LogP contribution is 2.32. The van der Waals surface area contributed by atoms with Gasteiger partial charge >= 0.3 is 0 Å². The van der Waals surface area contributed by atoms with Gasteiger partial charge in [-0.25, -0.2) is 4.98 Å². The van der Waals surface area contributed by atoms with E-state index in [-0.39, 0.29) is 12.5 Å².